The summed E-state index contributed by atoms with van der Waals surface area (Å²) in [7, 11) is 0. The van der Waals surface area contributed by atoms with Gasteiger partial charge >= 0.3 is 6.18 Å². The molecule has 1 heterocycles. The Hall–Kier alpha value is -2.87. The summed E-state index contributed by atoms with van der Waals surface area (Å²) >= 11 is 6.01. The topological polar surface area (TPSA) is 53.9 Å². The number of hydrogen-bond donors (Lipinski definition) is 1. The fourth-order valence-corrected chi connectivity index (χ4v) is 2.65. The van der Waals surface area contributed by atoms with Gasteiger partial charge in [0.1, 0.15) is 0 Å². The molecule has 2 aromatic carbocycles. The van der Waals surface area contributed by atoms with Gasteiger partial charge in [-0.05, 0) is 37.3 Å². The van der Waals surface area contributed by atoms with Crippen LogP contribution in [0.15, 0.2) is 54.7 Å². The lowest BCUT2D eigenvalue weighted by molar-refractivity contribution is -0.137. The fourth-order valence-electron chi connectivity index (χ4n) is 2.48. The molecule has 5 nitrogen and oxygen atoms in total. The number of anilines is 4. The third-order valence-corrected chi connectivity index (χ3v) is 4.08. The van der Waals surface area contributed by atoms with Crippen molar-refractivity contribution in [3.05, 3.63) is 65.3 Å². The molecular weight excluding hydrogens is 379 g/mol. The predicted molar refractivity (Wildman–Crippen MR) is 98.7 cm³/mol. The molecule has 0 bridgehead atoms. The third kappa shape index (κ3) is 4.46. The second-order valence-corrected chi connectivity index (χ2v) is 5.94. The average molecular weight is 394 g/mol. The second-order valence-electron chi connectivity index (χ2n) is 5.54. The number of hydrogen-bond acceptors (Lipinski definition) is 5. The molecule has 0 aliphatic carbocycles. The molecule has 0 radical (unpaired) electrons. The molecule has 1 N–H and O–H groups in total. The molecule has 0 aliphatic heterocycles. The molecule has 1 aromatic heterocycles. The Bertz CT molecular complexity index is 918. The summed E-state index contributed by atoms with van der Waals surface area (Å²) in [6.07, 6.45) is -3.00. The van der Waals surface area contributed by atoms with Gasteiger partial charge in [0, 0.05) is 12.2 Å². The van der Waals surface area contributed by atoms with Crippen molar-refractivity contribution in [2.45, 2.75) is 13.1 Å². The van der Waals surface area contributed by atoms with E-state index >= 15 is 0 Å². The van der Waals surface area contributed by atoms with E-state index < -0.39 is 11.7 Å². The number of nitrogens with one attached hydrogen (secondary N) is 1. The van der Waals surface area contributed by atoms with E-state index in [1.54, 1.807) is 0 Å². The molecule has 0 saturated carbocycles. The Balaban J connectivity index is 1.91. The van der Waals surface area contributed by atoms with Crippen molar-refractivity contribution < 1.29 is 13.2 Å². The Kier molecular flexibility index (Phi) is 5.46. The maximum Gasteiger partial charge on any atom is 0.416 e. The van der Waals surface area contributed by atoms with Gasteiger partial charge in [-0.25, -0.2) is 0 Å². The molecule has 9 heteroatoms. The van der Waals surface area contributed by atoms with Crippen molar-refractivity contribution in [1.29, 1.82) is 0 Å². The van der Waals surface area contributed by atoms with Gasteiger partial charge in [-0.1, -0.05) is 29.8 Å². The zero-order valence-electron chi connectivity index (χ0n) is 14.2. The van der Waals surface area contributed by atoms with Crippen LogP contribution >= 0.6 is 11.6 Å². The van der Waals surface area contributed by atoms with Crippen LogP contribution in [0.1, 0.15) is 12.5 Å². The standard InChI is InChI=1S/C18H15ClF3N5/c1-2-27(13-6-4-3-5-7-13)16-11-23-26-17(25-16)24-15-10-12(18(20,21)22)8-9-14(15)19/h3-11H,2H2,1H3,(H,24,25,26). The van der Waals surface area contributed by atoms with Crippen LogP contribution in [0, 0.1) is 0 Å². The molecule has 27 heavy (non-hydrogen) atoms. The van der Waals surface area contributed by atoms with Gasteiger partial charge < -0.3 is 10.2 Å². The first-order valence-corrected chi connectivity index (χ1v) is 8.42. The summed E-state index contributed by atoms with van der Waals surface area (Å²) in [4.78, 5) is 6.25. The van der Waals surface area contributed by atoms with Crippen LogP contribution in [0.4, 0.5) is 36.3 Å². The largest absolute Gasteiger partial charge is 0.416 e. The molecule has 0 fully saturated rings. The van der Waals surface area contributed by atoms with Crippen LogP contribution in [0.5, 0.6) is 0 Å². The monoisotopic (exact) mass is 393 g/mol. The third-order valence-electron chi connectivity index (χ3n) is 3.75. The van der Waals surface area contributed by atoms with Crippen LogP contribution in [0.2, 0.25) is 5.02 Å². The van der Waals surface area contributed by atoms with E-state index in [0.29, 0.717) is 12.4 Å². The van der Waals surface area contributed by atoms with Gasteiger partial charge in [0.25, 0.3) is 0 Å². The summed E-state index contributed by atoms with van der Waals surface area (Å²) < 4.78 is 38.8. The van der Waals surface area contributed by atoms with Crippen molar-refractivity contribution in [3.63, 3.8) is 0 Å². The number of rotatable bonds is 5. The molecular formula is C18H15ClF3N5. The van der Waals surface area contributed by atoms with Crippen LogP contribution < -0.4 is 10.2 Å². The van der Waals surface area contributed by atoms with E-state index in [-0.39, 0.29) is 16.7 Å². The Morgan fingerprint density at radius 2 is 1.85 bits per heavy atom. The first-order valence-electron chi connectivity index (χ1n) is 8.04. The SMILES string of the molecule is CCN(c1ccccc1)c1cnnc(Nc2cc(C(F)(F)F)ccc2Cl)n1. The molecule has 0 spiro atoms. The molecule has 0 atom stereocenters. The number of para-hydroxylation sites is 1. The van der Waals surface area contributed by atoms with Crippen LogP contribution in [-0.2, 0) is 6.18 Å². The van der Waals surface area contributed by atoms with Crippen LogP contribution in [0.25, 0.3) is 0 Å². The normalized spacial score (nSPS) is 11.3. The van der Waals surface area contributed by atoms with Gasteiger partial charge in [-0.3, -0.25) is 0 Å². The zero-order chi connectivity index (χ0) is 19.4. The molecule has 0 saturated heterocycles. The minimum Gasteiger partial charge on any atom is -0.325 e. The van der Waals surface area contributed by atoms with E-state index in [0.717, 1.165) is 17.8 Å². The van der Waals surface area contributed by atoms with E-state index in [1.807, 2.05) is 42.2 Å². The highest BCUT2D eigenvalue weighted by Gasteiger charge is 2.31. The maximum absolute atomic E-state index is 12.9. The molecule has 140 valence electrons. The lowest BCUT2D eigenvalue weighted by Crippen LogP contribution is -2.18. The van der Waals surface area contributed by atoms with Gasteiger partial charge in [-0.2, -0.15) is 23.3 Å². The van der Waals surface area contributed by atoms with E-state index in [9.17, 15) is 13.2 Å². The fraction of sp³-hybridized carbons (Fsp3) is 0.167. The summed E-state index contributed by atoms with van der Waals surface area (Å²) in [5, 5.41) is 10.6. The Morgan fingerprint density at radius 1 is 1.11 bits per heavy atom. The molecule has 3 rings (SSSR count). The molecule has 0 aliphatic rings. The molecule has 0 amide bonds. The summed E-state index contributed by atoms with van der Waals surface area (Å²) in [6.45, 7) is 2.57. The number of nitrogens with zero attached hydrogens (tertiary/aromatic N) is 4. The van der Waals surface area contributed by atoms with E-state index in [1.165, 1.54) is 12.3 Å². The minimum absolute atomic E-state index is 0.0445. The zero-order valence-corrected chi connectivity index (χ0v) is 15.0. The summed E-state index contributed by atoms with van der Waals surface area (Å²) in [6, 6.07) is 12.5. The van der Waals surface area contributed by atoms with Gasteiger partial charge in [0.2, 0.25) is 5.95 Å². The highest BCUT2D eigenvalue weighted by molar-refractivity contribution is 6.33. The Labute approximate surface area is 158 Å². The number of aromatic nitrogens is 3. The van der Waals surface area contributed by atoms with Crippen molar-refractivity contribution >= 4 is 34.7 Å². The van der Waals surface area contributed by atoms with Gasteiger partial charge in [0.15, 0.2) is 5.82 Å². The van der Waals surface area contributed by atoms with Crippen LogP contribution in [0.3, 0.4) is 0 Å². The quantitative estimate of drug-likeness (QED) is 0.625. The lowest BCUT2D eigenvalue weighted by Gasteiger charge is -2.21. The summed E-state index contributed by atoms with van der Waals surface area (Å²) in [5.41, 5.74) is 0.134. The van der Waals surface area contributed by atoms with Gasteiger partial charge in [0.05, 0.1) is 22.5 Å². The van der Waals surface area contributed by atoms with Crippen molar-refractivity contribution in [2.24, 2.45) is 0 Å². The van der Waals surface area contributed by atoms with Crippen molar-refractivity contribution in [1.82, 2.24) is 15.2 Å². The van der Waals surface area contributed by atoms with Crippen molar-refractivity contribution in [2.75, 3.05) is 16.8 Å². The minimum atomic E-state index is -4.48. The van der Waals surface area contributed by atoms with Crippen molar-refractivity contribution in [3.8, 4) is 0 Å². The number of halogens is 4. The average Bonchev–Trinajstić information content (AvgIpc) is 2.64. The number of alkyl halides is 3. The molecule has 0 unspecified atom stereocenters. The predicted octanol–water partition coefficient (Wildman–Crippen LogP) is 5.45. The Morgan fingerprint density at radius 3 is 2.52 bits per heavy atom. The first-order chi connectivity index (χ1) is 12.9. The first kappa shape index (κ1) is 18.9. The molecule has 3 aromatic rings. The maximum atomic E-state index is 12.9. The highest BCUT2D eigenvalue weighted by Crippen LogP contribution is 2.34. The number of benzene rings is 2. The smallest absolute Gasteiger partial charge is 0.325 e. The van der Waals surface area contributed by atoms with Crippen LogP contribution in [-0.4, -0.2) is 21.7 Å². The highest BCUT2D eigenvalue weighted by atomic mass is 35.5. The van der Waals surface area contributed by atoms with E-state index in [4.69, 9.17) is 11.6 Å². The van der Waals surface area contributed by atoms with Gasteiger partial charge in [-0.15, -0.1) is 5.10 Å². The second kappa shape index (κ2) is 7.79. The van der Waals surface area contributed by atoms with E-state index in [2.05, 4.69) is 20.5 Å². The summed E-state index contributed by atoms with van der Waals surface area (Å²) in [5.74, 6) is 0.549. The lowest BCUT2D eigenvalue weighted by atomic mass is 10.2.